The quantitative estimate of drug-likeness (QED) is 0.0671. The molecule has 206 valence electrons. The lowest BCUT2D eigenvalue weighted by Gasteiger charge is -2.50. The van der Waals surface area contributed by atoms with Crippen molar-refractivity contribution in [1.29, 1.82) is 5.41 Å². The van der Waals surface area contributed by atoms with Crippen molar-refractivity contribution in [3.63, 3.8) is 0 Å². The second kappa shape index (κ2) is 10.8. The number of anilines is 1. The summed E-state index contributed by atoms with van der Waals surface area (Å²) in [5, 5.41) is 25.6. The van der Waals surface area contributed by atoms with Gasteiger partial charge in [-0.05, 0) is 32.9 Å². The number of carbonyl (C=O) groups excluding carboxylic acids is 2. The molecular weight excluding hydrogens is 546 g/mol. The summed E-state index contributed by atoms with van der Waals surface area (Å²) in [6.07, 6.45) is -0.719. The van der Waals surface area contributed by atoms with E-state index in [1.807, 2.05) is 0 Å². The molecule has 38 heavy (non-hydrogen) atoms. The first kappa shape index (κ1) is 28.6. The molecular formula is C20H25N7O9S2. The molecule has 0 spiro atoms. The van der Waals surface area contributed by atoms with Crippen LogP contribution in [0.15, 0.2) is 28.7 Å². The van der Waals surface area contributed by atoms with Gasteiger partial charge in [-0.2, -0.15) is 13.5 Å². The Balaban J connectivity index is 1.70. The Morgan fingerprint density at radius 2 is 2.11 bits per heavy atom. The third-order valence-electron chi connectivity index (χ3n) is 5.17. The number of aromatic nitrogens is 1. The number of nitrogens with two attached hydrogens (primary N) is 2. The summed E-state index contributed by atoms with van der Waals surface area (Å²) >= 11 is 1.03. The van der Waals surface area contributed by atoms with Crippen molar-refractivity contribution in [3.8, 4) is 11.5 Å². The predicted octanol–water partition coefficient (Wildman–Crippen LogP) is -0.257. The number of nitrogens with zero attached hydrogens (tertiary/aromatic N) is 3. The van der Waals surface area contributed by atoms with E-state index in [2.05, 4.69) is 19.7 Å². The Bertz CT molecular complexity index is 1390. The molecule has 0 bridgehead atoms. The second-order valence-corrected chi connectivity index (χ2v) is 10.4. The van der Waals surface area contributed by atoms with Gasteiger partial charge in [0.25, 0.3) is 11.8 Å². The monoisotopic (exact) mass is 571 g/mol. The highest BCUT2D eigenvalue weighted by molar-refractivity contribution is 7.80. The van der Waals surface area contributed by atoms with E-state index in [9.17, 15) is 23.1 Å². The maximum atomic E-state index is 13.0. The van der Waals surface area contributed by atoms with Gasteiger partial charge in [0.2, 0.25) is 0 Å². The molecule has 2 amide bonds. The number of ether oxygens (including phenoxy) is 1. The average molecular weight is 572 g/mol. The number of phenols is 1. The fourth-order valence-corrected chi connectivity index (χ4v) is 4.24. The lowest BCUT2D eigenvalue weighted by molar-refractivity contribution is -0.218. The van der Waals surface area contributed by atoms with E-state index in [-0.39, 0.29) is 46.0 Å². The van der Waals surface area contributed by atoms with Gasteiger partial charge in [-0.3, -0.25) is 19.6 Å². The number of thiazole rings is 1. The summed E-state index contributed by atoms with van der Waals surface area (Å²) in [5.74, 6) is -2.10. The summed E-state index contributed by atoms with van der Waals surface area (Å²) in [7, 11) is -4.96. The van der Waals surface area contributed by atoms with Crippen LogP contribution in [-0.4, -0.2) is 75.8 Å². The van der Waals surface area contributed by atoms with Crippen molar-refractivity contribution in [2.45, 2.75) is 38.5 Å². The topological polar surface area (TPSA) is 253 Å². The normalized spacial score (nSPS) is 17.9. The van der Waals surface area contributed by atoms with E-state index in [4.69, 9.17) is 31.0 Å². The molecule has 1 saturated heterocycles. The predicted molar refractivity (Wildman–Crippen MR) is 134 cm³/mol. The Morgan fingerprint density at radius 3 is 2.63 bits per heavy atom. The van der Waals surface area contributed by atoms with Crippen LogP contribution in [0, 0.1) is 5.41 Å². The van der Waals surface area contributed by atoms with E-state index in [0.29, 0.717) is 5.06 Å². The van der Waals surface area contributed by atoms with Crippen molar-refractivity contribution < 1.29 is 41.5 Å². The van der Waals surface area contributed by atoms with Crippen LogP contribution in [0.3, 0.4) is 0 Å². The lowest BCUT2D eigenvalue weighted by atomic mass is 9.84. The van der Waals surface area contributed by atoms with Crippen LogP contribution in [0.4, 0.5) is 5.13 Å². The highest BCUT2D eigenvalue weighted by atomic mass is 32.3. The number of benzene rings is 1. The fraction of sp³-hybridized carbons (Fsp3) is 0.350. The molecule has 2 heterocycles. The highest BCUT2D eigenvalue weighted by Gasteiger charge is 2.58. The molecule has 1 aromatic heterocycles. The van der Waals surface area contributed by atoms with Crippen molar-refractivity contribution in [2.75, 3.05) is 12.3 Å². The fourth-order valence-electron chi connectivity index (χ4n) is 3.24. The zero-order chi connectivity index (χ0) is 28.4. The SMILES string of the molecule is CC(COc1ccc(C(=N)N)c(O)c1)O/N=C(\C(=O)N[C@@H]1C(=O)N(OS(=O)(=O)O)C1(C)C)c1csc(N)n1. The van der Waals surface area contributed by atoms with Crippen LogP contribution in [0.25, 0.3) is 0 Å². The van der Waals surface area contributed by atoms with Crippen LogP contribution in [0.2, 0.25) is 0 Å². The van der Waals surface area contributed by atoms with Crippen molar-refractivity contribution >= 4 is 50.2 Å². The van der Waals surface area contributed by atoms with E-state index >= 15 is 0 Å². The summed E-state index contributed by atoms with van der Waals surface area (Å²) in [5.41, 5.74) is 9.56. The molecule has 0 saturated carbocycles. The number of amides is 2. The van der Waals surface area contributed by atoms with Crippen molar-refractivity contribution in [3.05, 3.63) is 34.8 Å². The second-order valence-electron chi connectivity index (χ2n) is 8.53. The Kier molecular flexibility index (Phi) is 8.10. The molecule has 1 unspecified atom stereocenters. The summed E-state index contributed by atoms with van der Waals surface area (Å²) in [6.45, 7) is 4.32. The zero-order valence-corrected chi connectivity index (χ0v) is 21.9. The van der Waals surface area contributed by atoms with Crippen LogP contribution in [0.1, 0.15) is 32.0 Å². The van der Waals surface area contributed by atoms with Gasteiger partial charge in [0.15, 0.2) is 16.9 Å². The summed E-state index contributed by atoms with van der Waals surface area (Å²) < 4.78 is 40.7. The van der Waals surface area contributed by atoms with Gasteiger partial charge in [-0.25, -0.2) is 4.98 Å². The minimum absolute atomic E-state index is 0.0542. The number of hydrogen-bond donors (Lipinski definition) is 6. The highest BCUT2D eigenvalue weighted by Crippen LogP contribution is 2.33. The minimum atomic E-state index is -4.96. The molecule has 0 radical (unpaired) electrons. The number of amidine groups is 1. The molecule has 1 fully saturated rings. The van der Waals surface area contributed by atoms with E-state index in [1.165, 1.54) is 37.4 Å². The minimum Gasteiger partial charge on any atom is -0.507 e. The number of hydrogen-bond acceptors (Lipinski definition) is 13. The van der Waals surface area contributed by atoms with E-state index in [0.717, 1.165) is 11.3 Å². The average Bonchev–Trinajstić information content (AvgIpc) is 3.24. The first-order valence-corrected chi connectivity index (χ1v) is 12.9. The first-order valence-electron chi connectivity index (χ1n) is 10.7. The molecule has 3 rings (SSSR count). The molecule has 16 nitrogen and oxygen atoms in total. The number of phenolic OH excluding ortho intramolecular Hbond substituents is 1. The van der Waals surface area contributed by atoms with Crippen molar-refractivity contribution in [2.24, 2.45) is 10.9 Å². The van der Waals surface area contributed by atoms with Crippen LogP contribution < -0.4 is 21.5 Å². The van der Waals surface area contributed by atoms with Gasteiger partial charge in [-0.15, -0.1) is 15.6 Å². The van der Waals surface area contributed by atoms with E-state index in [1.54, 1.807) is 6.92 Å². The molecule has 18 heteroatoms. The standard InChI is InChI=1S/C20H25N7O9S2/c1-9(7-34-10-4-5-11(16(21)22)13(28)6-10)35-26-14(12-8-37-19(23)24-12)17(29)25-15-18(30)27(20(15,2)3)36-38(31,32)33/h4-6,8-9,15,28H,7H2,1-3H3,(H3,21,22)(H2,23,24)(H,25,29)(H,31,32,33)/b26-14-/t9?,15-/m1/s1. The molecule has 2 aromatic rings. The number of nitrogens with one attached hydrogen (secondary N) is 2. The van der Waals surface area contributed by atoms with Gasteiger partial charge in [-0.1, -0.05) is 5.16 Å². The maximum Gasteiger partial charge on any atom is 0.418 e. The van der Waals surface area contributed by atoms with Crippen molar-refractivity contribution in [1.82, 2.24) is 15.4 Å². The Hall–Kier alpha value is -4.00. The van der Waals surface area contributed by atoms with Gasteiger partial charge in [0.05, 0.1) is 11.1 Å². The molecule has 8 N–H and O–H groups in total. The van der Waals surface area contributed by atoms with Gasteiger partial charge >= 0.3 is 10.4 Å². The number of aromatic hydroxyl groups is 1. The summed E-state index contributed by atoms with van der Waals surface area (Å²) in [4.78, 5) is 34.8. The first-order chi connectivity index (χ1) is 17.6. The third kappa shape index (κ3) is 6.46. The number of oxime groups is 1. The maximum absolute atomic E-state index is 13.0. The number of carbonyl (C=O) groups is 2. The van der Waals surface area contributed by atoms with Crippen LogP contribution >= 0.6 is 11.3 Å². The Morgan fingerprint density at radius 1 is 1.42 bits per heavy atom. The zero-order valence-electron chi connectivity index (χ0n) is 20.2. The Labute approximate surface area is 220 Å². The summed E-state index contributed by atoms with van der Waals surface area (Å²) in [6, 6.07) is 2.95. The molecule has 0 aliphatic carbocycles. The number of hydroxylamine groups is 2. The largest absolute Gasteiger partial charge is 0.507 e. The van der Waals surface area contributed by atoms with Crippen LogP contribution in [-0.2, 0) is 29.1 Å². The molecule has 1 aliphatic heterocycles. The smallest absolute Gasteiger partial charge is 0.418 e. The number of nitrogen functional groups attached to an aromatic ring is 2. The van der Waals surface area contributed by atoms with E-state index < -0.39 is 39.9 Å². The number of rotatable bonds is 11. The van der Waals surface area contributed by atoms with Crippen LogP contribution in [0.5, 0.6) is 11.5 Å². The molecule has 1 aromatic carbocycles. The van der Waals surface area contributed by atoms with Gasteiger partial charge in [0.1, 0.15) is 35.7 Å². The van der Waals surface area contributed by atoms with Gasteiger partial charge < -0.3 is 31.5 Å². The van der Waals surface area contributed by atoms with Gasteiger partial charge in [0, 0.05) is 11.4 Å². The molecule has 1 aliphatic rings. The molecule has 2 atom stereocenters. The lowest BCUT2D eigenvalue weighted by Crippen LogP contribution is -2.76. The number of β-lactam (4-membered cyclic amide) rings is 1. The third-order valence-corrected chi connectivity index (χ3v) is 6.18.